The second-order valence-corrected chi connectivity index (χ2v) is 13.8. The van der Waals surface area contributed by atoms with Gasteiger partial charge in [-0.15, -0.1) is 12.1 Å². The van der Waals surface area contributed by atoms with E-state index < -0.39 is 35.4 Å². The molecular weight excluding hydrogens is 899 g/mol. The molecule has 0 fully saturated rings. The van der Waals surface area contributed by atoms with Crippen molar-refractivity contribution in [2.75, 3.05) is 0 Å². The van der Waals surface area contributed by atoms with Crippen LogP contribution in [0.3, 0.4) is 0 Å². The van der Waals surface area contributed by atoms with E-state index in [-0.39, 0.29) is 47.9 Å². The maximum Gasteiger partial charge on any atom is 3.00 e. The molecule has 0 spiro atoms. The Morgan fingerprint density at radius 2 is 1.00 bits per heavy atom. The zero-order valence-electron chi connectivity index (χ0n) is 30.0. The minimum atomic E-state index is -4.48. The summed E-state index contributed by atoms with van der Waals surface area (Å²) in [5.41, 5.74) is 2.46. The molecule has 5 aromatic heterocycles. The molecule has 6 rings (SSSR count). The number of benzene rings is 1. The molecule has 0 aliphatic heterocycles. The van der Waals surface area contributed by atoms with Gasteiger partial charge in [0.2, 0.25) is 0 Å². The summed E-state index contributed by atoms with van der Waals surface area (Å²) < 4.78 is 101. The number of halogens is 8. The summed E-state index contributed by atoms with van der Waals surface area (Å²) in [7, 11) is 0. The topological polar surface area (TPSA) is 92.6 Å². The van der Waals surface area contributed by atoms with Crippen molar-refractivity contribution in [3.8, 4) is 34.0 Å². The molecule has 0 aliphatic rings. The van der Waals surface area contributed by atoms with Gasteiger partial charge in [-0.05, 0) is 77.0 Å². The summed E-state index contributed by atoms with van der Waals surface area (Å²) in [6, 6.07) is 17.0. The van der Waals surface area contributed by atoms with Gasteiger partial charge in [0.25, 0.3) is 0 Å². The Bertz CT molecular complexity index is 2040. The fraction of sp³-hybridized carbons (Fsp3) is 0.289. The fourth-order valence-electron chi connectivity index (χ4n) is 4.51. The Balaban J connectivity index is 0.000000217. The zero-order chi connectivity index (χ0) is 39.4. The van der Waals surface area contributed by atoms with Gasteiger partial charge in [-0.2, -0.15) is 26.3 Å². The Labute approximate surface area is 320 Å². The van der Waals surface area contributed by atoms with Crippen molar-refractivity contribution >= 4 is 0 Å². The van der Waals surface area contributed by atoms with E-state index in [0.29, 0.717) is 17.1 Å². The fourth-order valence-corrected chi connectivity index (χ4v) is 4.51. The Hall–Kier alpha value is -4.82. The average Bonchev–Trinajstić information content (AvgIpc) is 3.77. The molecule has 0 bridgehead atoms. The number of aryl methyl sites for hydroxylation is 1. The Morgan fingerprint density at radius 3 is 1.37 bits per heavy atom. The molecule has 0 amide bonds. The molecule has 6 aromatic rings. The van der Waals surface area contributed by atoms with E-state index in [9.17, 15) is 35.1 Å². The van der Waals surface area contributed by atoms with Crippen LogP contribution in [0.4, 0.5) is 35.1 Å². The third-order valence-corrected chi connectivity index (χ3v) is 7.46. The Kier molecular flexibility index (Phi) is 13.8. The van der Waals surface area contributed by atoms with Gasteiger partial charge in [0.05, 0.1) is 0 Å². The molecule has 0 N–H and O–H groups in total. The van der Waals surface area contributed by atoms with Crippen molar-refractivity contribution in [1.82, 2.24) is 35.3 Å². The van der Waals surface area contributed by atoms with Crippen LogP contribution < -0.4 is 10.2 Å². The number of nitrogens with zero attached hydrogens (tertiary/aromatic N) is 7. The molecule has 0 saturated heterocycles. The standard InChI is InChI=1S/2C13H13F3N3.C12H8F2N.Ir/c2*1-12(2,3)8-4-5-17-9(6-8)10-7-11(19-18-10)13(14,15)16;1-8-4-5-15-12(6-8)10-3-2-9(13)7-11(10)14;/h2*4-7H,1-3H3;2,4-7H,1H3;/q3*-1;+3. The molecule has 0 radical (unpaired) electrons. The number of hydrogen-bond acceptors (Lipinski definition) is 5. The molecule has 0 atom stereocenters. The van der Waals surface area contributed by atoms with Crippen molar-refractivity contribution in [2.24, 2.45) is 0 Å². The van der Waals surface area contributed by atoms with Crippen molar-refractivity contribution < 1.29 is 55.2 Å². The van der Waals surface area contributed by atoms with Crippen molar-refractivity contribution in [1.29, 1.82) is 0 Å². The number of hydrogen-bond donors (Lipinski definition) is 0. The quantitative estimate of drug-likeness (QED) is 0.129. The largest absolute Gasteiger partial charge is 3.00 e. The van der Waals surface area contributed by atoms with Gasteiger partial charge in [-0.1, -0.05) is 76.2 Å². The van der Waals surface area contributed by atoms with E-state index in [4.69, 9.17) is 0 Å². The minimum Gasteiger partial charge on any atom is -0.573 e. The van der Waals surface area contributed by atoms with Gasteiger partial charge in [-0.25, -0.2) is 0 Å². The van der Waals surface area contributed by atoms with Crippen LogP contribution in [0.25, 0.3) is 34.0 Å². The van der Waals surface area contributed by atoms with Crippen LogP contribution in [0.5, 0.6) is 0 Å². The van der Waals surface area contributed by atoms with Crippen molar-refractivity contribution in [3.05, 3.63) is 125 Å². The van der Waals surface area contributed by atoms with Gasteiger partial charge in [0, 0.05) is 41.6 Å². The SMILES string of the molecule is CC(C)(C)c1ccnc(-c2cc(C(F)(F)F)n[n-]2)c1.CC(C)(C)c1ccnc(-c2cc(C(F)(F)F)n[n-]2)c1.Cc1ccnc(-c2[c-]cc(F)cc2F)c1.[Ir+3]. The van der Waals surface area contributed by atoms with Gasteiger partial charge < -0.3 is 25.4 Å². The van der Waals surface area contributed by atoms with Crippen LogP contribution in [0.15, 0.2) is 79.3 Å². The summed E-state index contributed by atoms with van der Waals surface area (Å²) in [5.74, 6) is -1.28. The molecule has 0 saturated carbocycles. The first-order valence-electron chi connectivity index (χ1n) is 15.9. The molecular formula is C38H34F8IrN7. The van der Waals surface area contributed by atoms with Crippen LogP contribution in [0, 0.1) is 24.6 Å². The summed E-state index contributed by atoms with van der Waals surface area (Å²) in [6.45, 7) is 14.0. The van der Waals surface area contributed by atoms with Crippen LogP contribution in [-0.2, 0) is 43.3 Å². The summed E-state index contributed by atoms with van der Waals surface area (Å²) in [4.78, 5) is 12.1. The molecule has 1 aromatic carbocycles. The maximum atomic E-state index is 13.4. The first-order chi connectivity index (χ1) is 24.5. The molecule has 0 unspecified atom stereocenters. The van der Waals surface area contributed by atoms with E-state index >= 15 is 0 Å². The first-order valence-corrected chi connectivity index (χ1v) is 15.9. The van der Waals surface area contributed by atoms with E-state index in [0.717, 1.165) is 41.0 Å². The molecule has 0 aliphatic carbocycles. The average molecular weight is 933 g/mol. The van der Waals surface area contributed by atoms with Crippen molar-refractivity contribution in [3.63, 3.8) is 0 Å². The van der Waals surface area contributed by atoms with Gasteiger partial charge in [0.15, 0.2) is 0 Å². The maximum absolute atomic E-state index is 13.4. The molecule has 16 heteroatoms. The summed E-state index contributed by atoms with van der Waals surface area (Å²) >= 11 is 0. The smallest absolute Gasteiger partial charge is 0.573 e. The van der Waals surface area contributed by atoms with Crippen LogP contribution in [0.1, 0.15) is 69.6 Å². The summed E-state index contributed by atoms with van der Waals surface area (Å²) in [6.07, 6.45) is -4.24. The number of alkyl halides is 6. The third kappa shape index (κ3) is 11.8. The van der Waals surface area contributed by atoms with Crippen LogP contribution in [-0.4, -0.2) is 25.1 Å². The van der Waals surface area contributed by atoms with Gasteiger partial charge >= 0.3 is 32.5 Å². The van der Waals surface area contributed by atoms with Crippen LogP contribution in [0.2, 0.25) is 0 Å². The van der Waals surface area contributed by atoms with E-state index in [1.165, 1.54) is 0 Å². The predicted octanol–water partition coefficient (Wildman–Crippen LogP) is 9.97. The number of pyridine rings is 3. The third-order valence-electron chi connectivity index (χ3n) is 7.46. The van der Waals surface area contributed by atoms with E-state index in [2.05, 4.69) is 41.4 Å². The number of aromatic nitrogens is 7. The molecule has 54 heavy (non-hydrogen) atoms. The zero-order valence-corrected chi connectivity index (χ0v) is 32.4. The Morgan fingerprint density at radius 1 is 0.574 bits per heavy atom. The predicted molar refractivity (Wildman–Crippen MR) is 182 cm³/mol. The second kappa shape index (κ2) is 17.1. The minimum absolute atomic E-state index is 0. The monoisotopic (exact) mass is 933 g/mol. The van der Waals surface area contributed by atoms with Gasteiger partial charge in [0.1, 0.15) is 11.4 Å². The molecule has 5 heterocycles. The molecule has 286 valence electrons. The van der Waals surface area contributed by atoms with Gasteiger partial charge in [-0.3, -0.25) is 18.7 Å². The van der Waals surface area contributed by atoms with E-state index in [1.807, 2.05) is 66.7 Å². The summed E-state index contributed by atoms with van der Waals surface area (Å²) in [5, 5.41) is 13.4. The first kappa shape index (κ1) is 43.6. The van der Waals surface area contributed by atoms with Crippen LogP contribution >= 0.6 is 0 Å². The number of rotatable bonds is 3. The van der Waals surface area contributed by atoms with E-state index in [1.54, 1.807) is 36.8 Å². The van der Waals surface area contributed by atoms with Crippen molar-refractivity contribution in [2.45, 2.75) is 71.6 Å². The normalized spacial score (nSPS) is 11.8. The molecule has 7 nitrogen and oxygen atoms in total. The second-order valence-electron chi connectivity index (χ2n) is 13.8.